The van der Waals surface area contributed by atoms with Crippen molar-refractivity contribution in [2.75, 3.05) is 25.5 Å². The third kappa shape index (κ3) is 2.92. The standard InChI is InChI=1S/C12H18FN3/c1-16-8-3-2-5-10(16)9-14-12-7-4-6-11(13)15-12/h4,6-7,10H,2-3,5,8-9H2,1H3,(H,14,15). The van der Waals surface area contributed by atoms with E-state index in [1.807, 2.05) is 0 Å². The van der Waals surface area contributed by atoms with Crippen LogP contribution in [0.2, 0.25) is 0 Å². The summed E-state index contributed by atoms with van der Waals surface area (Å²) in [5, 5.41) is 3.19. The second-order valence-corrected chi connectivity index (χ2v) is 4.36. The van der Waals surface area contributed by atoms with Crippen molar-refractivity contribution in [3.8, 4) is 0 Å². The Morgan fingerprint density at radius 3 is 3.12 bits per heavy atom. The topological polar surface area (TPSA) is 28.2 Å². The third-order valence-electron chi connectivity index (χ3n) is 3.16. The van der Waals surface area contributed by atoms with Crippen LogP contribution in [-0.4, -0.2) is 36.1 Å². The lowest BCUT2D eigenvalue weighted by molar-refractivity contribution is 0.194. The maximum absolute atomic E-state index is 12.8. The first-order chi connectivity index (χ1) is 7.75. The fourth-order valence-corrected chi connectivity index (χ4v) is 2.13. The maximum atomic E-state index is 12.8. The molecule has 1 aliphatic rings. The van der Waals surface area contributed by atoms with Crippen molar-refractivity contribution in [3.05, 3.63) is 24.1 Å². The van der Waals surface area contributed by atoms with Gasteiger partial charge in [-0.3, -0.25) is 0 Å². The molecule has 1 aromatic rings. The zero-order valence-corrected chi connectivity index (χ0v) is 9.62. The number of nitrogens with one attached hydrogen (secondary N) is 1. The first-order valence-corrected chi connectivity index (χ1v) is 5.82. The smallest absolute Gasteiger partial charge is 0.214 e. The number of likely N-dealkylation sites (tertiary alicyclic amines) is 1. The molecule has 1 aliphatic heterocycles. The number of hydrogen-bond donors (Lipinski definition) is 1. The predicted molar refractivity (Wildman–Crippen MR) is 63.0 cm³/mol. The largest absolute Gasteiger partial charge is 0.368 e. The van der Waals surface area contributed by atoms with Crippen LogP contribution in [0.1, 0.15) is 19.3 Å². The van der Waals surface area contributed by atoms with E-state index < -0.39 is 5.95 Å². The van der Waals surface area contributed by atoms with Gasteiger partial charge < -0.3 is 10.2 Å². The lowest BCUT2D eigenvalue weighted by Gasteiger charge is -2.32. The Morgan fingerprint density at radius 1 is 1.50 bits per heavy atom. The van der Waals surface area contributed by atoms with Gasteiger partial charge in [0.2, 0.25) is 5.95 Å². The first kappa shape index (κ1) is 11.3. The average molecular weight is 223 g/mol. The molecule has 1 atom stereocenters. The number of hydrogen-bond acceptors (Lipinski definition) is 3. The Hall–Kier alpha value is -1.16. The lowest BCUT2D eigenvalue weighted by Crippen LogP contribution is -2.40. The van der Waals surface area contributed by atoms with Gasteiger partial charge in [0, 0.05) is 12.6 Å². The van der Waals surface area contributed by atoms with Crippen LogP contribution in [0.3, 0.4) is 0 Å². The highest BCUT2D eigenvalue weighted by molar-refractivity contribution is 5.33. The number of halogens is 1. The number of anilines is 1. The van der Waals surface area contributed by atoms with Crippen molar-refractivity contribution >= 4 is 5.82 Å². The second kappa shape index (κ2) is 5.25. The van der Waals surface area contributed by atoms with E-state index >= 15 is 0 Å². The molecule has 1 aromatic heterocycles. The average Bonchev–Trinajstić information content (AvgIpc) is 2.28. The molecule has 2 rings (SSSR count). The Balaban J connectivity index is 1.86. The van der Waals surface area contributed by atoms with Crippen LogP contribution in [0.15, 0.2) is 18.2 Å². The van der Waals surface area contributed by atoms with Crippen LogP contribution in [0, 0.1) is 5.95 Å². The van der Waals surface area contributed by atoms with Gasteiger partial charge >= 0.3 is 0 Å². The van der Waals surface area contributed by atoms with E-state index in [2.05, 4.69) is 22.2 Å². The van der Waals surface area contributed by atoms with Crippen molar-refractivity contribution in [1.29, 1.82) is 0 Å². The van der Waals surface area contributed by atoms with Gasteiger partial charge in [-0.2, -0.15) is 4.39 Å². The van der Waals surface area contributed by atoms with Crippen molar-refractivity contribution in [1.82, 2.24) is 9.88 Å². The third-order valence-corrected chi connectivity index (χ3v) is 3.16. The van der Waals surface area contributed by atoms with E-state index in [1.165, 1.54) is 25.3 Å². The molecule has 0 bridgehead atoms. The van der Waals surface area contributed by atoms with E-state index in [4.69, 9.17) is 0 Å². The fraction of sp³-hybridized carbons (Fsp3) is 0.583. The first-order valence-electron chi connectivity index (χ1n) is 5.82. The van der Waals surface area contributed by atoms with Crippen molar-refractivity contribution < 1.29 is 4.39 Å². The van der Waals surface area contributed by atoms with E-state index in [9.17, 15) is 4.39 Å². The van der Waals surface area contributed by atoms with Crippen LogP contribution in [0.5, 0.6) is 0 Å². The summed E-state index contributed by atoms with van der Waals surface area (Å²) in [6, 6.07) is 5.37. The van der Waals surface area contributed by atoms with Crippen molar-refractivity contribution in [2.45, 2.75) is 25.3 Å². The van der Waals surface area contributed by atoms with Crippen LogP contribution in [-0.2, 0) is 0 Å². The summed E-state index contributed by atoms with van der Waals surface area (Å²) in [5.41, 5.74) is 0. The molecule has 0 aromatic carbocycles. The van der Waals surface area contributed by atoms with Gasteiger partial charge in [0.1, 0.15) is 5.82 Å². The Labute approximate surface area is 95.7 Å². The molecule has 1 N–H and O–H groups in total. The number of nitrogens with zero attached hydrogens (tertiary/aromatic N) is 2. The highest BCUT2D eigenvalue weighted by atomic mass is 19.1. The zero-order chi connectivity index (χ0) is 11.4. The van der Waals surface area contributed by atoms with Gasteiger partial charge in [0.25, 0.3) is 0 Å². The summed E-state index contributed by atoms with van der Waals surface area (Å²) in [6.45, 7) is 2.00. The van der Waals surface area contributed by atoms with Crippen LogP contribution < -0.4 is 5.32 Å². The second-order valence-electron chi connectivity index (χ2n) is 4.36. The zero-order valence-electron chi connectivity index (χ0n) is 9.62. The Bertz CT molecular complexity index is 343. The van der Waals surface area contributed by atoms with Gasteiger partial charge in [-0.05, 0) is 38.6 Å². The maximum Gasteiger partial charge on any atom is 0.214 e. The molecule has 0 aliphatic carbocycles. The lowest BCUT2D eigenvalue weighted by atomic mass is 10.0. The van der Waals surface area contributed by atoms with Gasteiger partial charge in [-0.15, -0.1) is 0 Å². The van der Waals surface area contributed by atoms with Crippen LogP contribution in [0.25, 0.3) is 0 Å². The minimum atomic E-state index is -0.429. The molecular weight excluding hydrogens is 205 g/mol. The van der Waals surface area contributed by atoms with E-state index in [1.54, 1.807) is 12.1 Å². The molecule has 16 heavy (non-hydrogen) atoms. The molecular formula is C12H18FN3. The summed E-state index contributed by atoms with van der Waals surface area (Å²) in [4.78, 5) is 6.14. The summed E-state index contributed by atoms with van der Waals surface area (Å²) < 4.78 is 12.8. The Morgan fingerprint density at radius 2 is 2.38 bits per heavy atom. The van der Waals surface area contributed by atoms with Crippen LogP contribution in [0.4, 0.5) is 10.2 Å². The summed E-state index contributed by atoms with van der Waals surface area (Å²) in [6.07, 6.45) is 3.78. The molecule has 2 heterocycles. The molecule has 0 spiro atoms. The summed E-state index contributed by atoms with van der Waals surface area (Å²) in [5.74, 6) is 0.195. The SMILES string of the molecule is CN1CCCCC1CNc1cccc(F)n1. The number of pyridine rings is 1. The van der Waals surface area contributed by atoms with Gasteiger partial charge in [0.05, 0.1) is 0 Å². The number of likely N-dealkylation sites (N-methyl/N-ethyl adjacent to an activating group) is 1. The van der Waals surface area contributed by atoms with Crippen molar-refractivity contribution in [3.63, 3.8) is 0 Å². The molecule has 0 saturated carbocycles. The minimum absolute atomic E-state index is 0.429. The summed E-state index contributed by atoms with van der Waals surface area (Å²) in [7, 11) is 2.14. The van der Waals surface area contributed by atoms with Crippen LogP contribution >= 0.6 is 0 Å². The Kier molecular flexibility index (Phi) is 3.72. The molecule has 0 radical (unpaired) electrons. The fourth-order valence-electron chi connectivity index (χ4n) is 2.13. The predicted octanol–water partition coefficient (Wildman–Crippen LogP) is 2.12. The molecule has 3 nitrogen and oxygen atoms in total. The number of rotatable bonds is 3. The molecule has 0 amide bonds. The van der Waals surface area contributed by atoms with E-state index in [-0.39, 0.29) is 0 Å². The highest BCUT2D eigenvalue weighted by Gasteiger charge is 2.18. The normalized spacial score (nSPS) is 22.0. The van der Waals surface area contributed by atoms with E-state index in [0.29, 0.717) is 11.9 Å². The summed E-state index contributed by atoms with van der Waals surface area (Å²) >= 11 is 0. The van der Waals surface area contributed by atoms with Crippen molar-refractivity contribution in [2.24, 2.45) is 0 Å². The molecule has 1 unspecified atom stereocenters. The van der Waals surface area contributed by atoms with Gasteiger partial charge in [-0.1, -0.05) is 12.5 Å². The molecule has 1 saturated heterocycles. The van der Waals surface area contributed by atoms with E-state index in [0.717, 1.165) is 13.1 Å². The monoisotopic (exact) mass is 223 g/mol. The van der Waals surface area contributed by atoms with Gasteiger partial charge in [-0.25, -0.2) is 4.98 Å². The minimum Gasteiger partial charge on any atom is -0.368 e. The highest BCUT2D eigenvalue weighted by Crippen LogP contribution is 2.15. The molecule has 1 fully saturated rings. The number of piperidine rings is 1. The number of aromatic nitrogens is 1. The molecule has 88 valence electrons. The van der Waals surface area contributed by atoms with Gasteiger partial charge in [0.15, 0.2) is 0 Å². The molecule has 4 heteroatoms. The quantitative estimate of drug-likeness (QED) is 0.795.